The Hall–Kier alpha value is -0.610. The Kier molecular flexibility index (Phi) is 5.45. The molecule has 0 aromatic rings. The molecule has 1 amide bonds. The first-order chi connectivity index (χ1) is 8.77. The Balaban J connectivity index is 1.77. The number of likely N-dealkylation sites (tertiary alicyclic amines) is 1. The van der Waals surface area contributed by atoms with Crippen molar-refractivity contribution in [3.8, 4) is 0 Å². The molecule has 2 saturated heterocycles. The summed E-state index contributed by atoms with van der Waals surface area (Å²) in [5.74, 6) is 0.331. The fourth-order valence-electron chi connectivity index (χ4n) is 3.01. The number of hydrogen-bond acceptors (Lipinski definition) is 3. The number of hydrogen-bond donors (Lipinski definition) is 1. The molecular formula is C14H27N3O. The third kappa shape index (κ3) is 3.95. The highest BCUT2D eigenvalue weighted by Crippen LogP contribution is 2.12. The van der Waals surface area contributed by atoms with E-state index in [1.807, 2.05) is 0 Å². The molecule has 2 aliphatic rings. The lowest BCUT2D eigenvalue weighted by atomic mass is 10.1. The van der Waals surface area contributed by atoms with E-state index < -0.39 is 0 Å². The highest BCUT2D eigenvalue weighted by molar-refractivity contribution is 5.78. The second-order valence-electron chi connectivity index (χ2n) is 5.69. The molecule has 0 aliphatic carbocycles. The van der Waals surface area contributed by atoms with Gasteiger partial charge in [0.1, 0.15) is 0 Å². The standard InChI is InChI=1S/C14H27N3O/c1-16(13-6-8-15-9-7-13)12-14(18)17-10-4-2-3-5-11-17/h13,15H,2-12H2,1H3. The number of nitrogens with zero attached hydrogens (tertiary/aromatic N) is 2. The summed E-state index contributed by atoms with van der Waals surface area (Å²) < 4.78 is 0. The van der Waals surface area contributed by atoms with Crippen LogP contribution in [-0.4, -0.2) is 61.5 Å². The van der Waals surface area contributed by atoms with Gasteiger partial charge in [-0.3, -0.25) is 9.69 Å². The van der Waals surface area contributed by atoms with E-state index in [0.29, 0.717) is 18.5 Å². The minimum absolute atomic E-state index is 0.331. The van der Waals surface area contributed by atoms with Crippen molar-refractivity contribution < 1.29 is 4.79 Å². The lowest BCUT2D eigenvalue weighted by Crippen LogP contribution is -2.46. The molecule has 2 aliphatic heterocycles. The quantitative estimate of drug-likeness (QED) is 0.817. The normalized spacial score (nSPS) is 23.1. The van der Waals surface area contributed by atoms with E-state index in [-0.39, 0.29) is 0 Å². The van der Waals surface area contributed by atoms with Gasteiger partial charge in [-0.25, -0.2) is 0 Å². The fraction of sp³-hybridized carbons (Fsp3) is 0.929. The third-order valence-corrected chi connectivity index (χ3v) is 4.28. The SMILES string of the molecule is CN(CC(=O)N1CCCCCC1)C1CCNCC1. The highest BCUT2D eigenvalue weighted by Gasteiger charge is 2.22. The van der Waals surface area contributed by atoms with Crippen LogP contribution in [0.15, 0.2) is 0 Å². The number of carbonyl (C=O) groups is 1. The lowest BCUT2D eigenvalue weighted by molar-refractivity contribution is -0.132. The van der Waals surface area contributed by atoms with Crippen LogP contribution in [0.3, 0.4) is 0 Å². The zero-order valence-electron chi connectivity index (χ0n) is 11.7. The molecule has 0 bridgehead atoms. The number of rotatable bonds is 3. The highest BCUT2D eigenvalue weighted by atomic mass is 16.2. The molecule has 0 saturated carbocycles. The zero-order chi connectivity index (χ0) is 12.8. The van der Waals surface area contributed by atoms with Crippen molar-refractivity contribution in [1.82, 2.24) is 15.1 Å². The number of carbonyl (C=O) groups excluding carboxylic acids is 1. The first kappa shape index (κ1) is 13.8. The van der Waals surface area contributed by atoms with E-state index in [2.05, 4.69) is 22.2 Å². The summed E-state index contributed by atoms with van der Waals surface area (Å²) in [4.78, 5) is 16.6. The van der Waals surface area contributed by atoms with Crippen molar-refractivity contribution in [3.63, 3.8) is 0 Å². The van der Waals surface area contributed by atoms with E-state index in [1.165, 1.54) is 38.5 Å². The van der Waals surface area contributed by atoms with Crippen molar-refractivity contribution in [1.29, 1.82) is 0 Å². The summed E-state index contributed by atoms with van der Waals surface area (Å²) in [6.45, 7) is 4.72. The minimum Gasteiger partial charge on any atom is -0.342 e. The van der Waals surface area contributed by atoms with Crippen LogP contribution < -0.4 is 5.32 Å². The number of piperidine rings is 1. The second kappa shape index (κ2) is 7.10. The van der Waals surface area contributed by atoms with Gasteiger partial charge in [0.25, 0.3) is 0 Å². The summed E-state index contributed by atoms with van der Waals surface area (Å²) in [5, 5.41) is 3.37. The van der Waals surface area contributed by atoms with Gasteiger partial charge in [0, 0.05) is 19.1 Å². The summed E-state index contributed by atoms with van der Waals surface area (Å²) in [5.41, 5.74) is 0. The van der Waals surface area contributed by atoms with Crippen molar-refractivity contribution in [2.45, 2.75) is 44.6 Å². The maximum atomic E-state index is 12.3. The number of likely N-dealkylation sites (N-methyl/N-ethyl adjacent to an activating group) is 1. The molecule has 0 radical (unpaired) electrons. The minimum atomic E-state index is 0.331. The van der Waals surface area contributed by atoms with Crippen LogP contribution in [-0.2, 0) is 4.79 Å². The predicted molar refractivity (Wildman–Crippen MR) is 73.6 cm³/mol. The van der Waals surface area contributed by atoms with Crippen LogP contribution in [0.2, 0.25) is 0 Å². The zero-order valence-corrected chi connectivity index (χ0v) is 11.7. The molecule has 4 heteroatoms. The van der Waals surface area contributed by atoms with Gasteiger partial charge >= 0.3 is 0 Å². The molecule has 2 fully saturated rings. The van der Waals surface area contributed by atoms with Crippen molar-refractivity contribution in [2.75, 3.05) is 39.8 Å². The molecule has 1 N–H and O–H groups in total. The molecular weight excluding hydrogens is 226 g/mol. The molecule has 104 valence electrons. The van der Waals surface area contributed by atoms with Gasteiger partial charge in [0.05, 0.1) is 6.54 Å². The van der Waals surface area contributed by atoms with Crippen molar-refractivity contribution in [3.05, 3.63) is 0 Å². The summed E-state index contributed by atoms with van der Waals surface area (Å²) in [6.07, 6.45) is 7.28. The summed E-state index contributed by atoms with van der Waals surface area (Å²) in [6, 6.07) is 0.585. The second-order valence-corrected chi connectivity index (χ2v) is 5.69. The van der Waals surface area contributed by atoms with Crippen LogP contribution in [0, 0.1) is 0 Å². The van der Waals surface area contributed by atoms with Crippen LogP contribution >= 0.6 is 0 Å². The average molecular weight is 253 g/mol. The van der Waals surface area contributed by atoms with Gasteiger partial charge in [0.2, 0.25) is 5.91 Å². The van der Waals surface area contributed by atoms with Crippen LogP contribution in [0.4, 0.5) is 0 Å². The molecule has 0 aromatic heterocycles. The van der Waals surface area contributed by atoms with Crippen LogP contribution in [0.1, 0.15) is 38.5 Å². The van der Waals surface area contributed by atoms with Crippen molar-refractivity contribution in [2.24, 2.45) is 0 Å². The fourth-order valence-corrected chi connectivity index (χ4v) is 3.01. The van der Waals surface area contributed by atoms with Crippen molar-refractivity contribution >= 4 is 5.91 Å². The van der Waals surface area contributed by atoms with E-state index in [0.717, 1.165) is 26.2 Å². The largest absolute Gasteiger partial charge is 0.342 e. The van der Waals surface area contributed by atoms with E-state index in [9.17, 15) is 4.79 Å². The lowest BCUT2D eigenvalue weighted by Gasteiger charge is -2.32. The van der Waals surface area contributed by atoms with Gasteiger partial charge < -0.3 is 10.2 Å². The smallest absolute Gasteiger partial charge is 0.236 e. The van der Waals surface area contributed by atoms with Gasteiger partial charge in [-0.15, -0.1) is 0 Å². The molecule has 4 nitrogen and oxygen atoms in total. The summed E-state index contributed by atoms with van der Waals surface area (Å²) >= 11 is 0. The molecule has 2 rings (SSSR count). The Morgan fingerprint density at radius 1 is 1.17 bits per heavy atom. The average Bonchev–Trinajstić information content (AvgIpc) is 2.68. The van der Waals surface area contributed by atoms with Gasteiger partial charge in [0.15, 0.2) is 0 Å². The maximum Gasteiger partial charge on any atom is 0.236 e. The van der Waals surface area contributed by atoms with E-state index >= 15 is 0 Å². The van der Waals surface area contributed by atoms with Gasteiger partial charge in [-0.2, -0.15) is 0 Å². The van der Waals surface area contributed by atoms with E-state index in [4.69, 9.17) is 0 Å². The predicted octanol–water partition coefficient (Wildman–Crippen LogP) is 1.07. The monoisotopic (exact) mass is 253 g/mol. The van der Waals surface area contributed by atoms with Crippen LogP contribution in [0.5, 0.6) is 0 Å². The van der Waals surface area contributed by atoms with Gasteiger partial charge in [-0.05, 0) is 45.8 Å². The molecule has 0 spiro atoms. The third-order valence-electron chi connectivity index (χ3n) is 4.28. The first-order valence-corrected chi connectivity index (χ1v) is 7.46. The number of amides is 1. The molecule has 0 unspecified atom stereocenters. The number of nitrogens with one attached hydrogen (secondary N) is 1. The Labute approximate surface area is 111 Å². The Morgan fingerprint density at radius 3 is 2.39 bits per heavy atom. The summed E-state index contributed by atoms with van der Waals surface area (Å²) in [7, 11) is 2.10. The molecule has 18 heavy (non-hydrogen) atoms. The topological polar surface area (TPSA) is 35.6 Å². The molecule has 0 atom stereocenters. The maximum absolute atomic E-state index is 12.3. The Morgan fingerprint density at radius 2 is 1.78 bits per heavy atom. The van der Waals surface area contributed by atoms with E-state index in [1.54, 1.807) is 0 Å². The first-order valence-electron chi connectivity index (χ1n) is 7.46. The molecule has 0 aromatic carbocycles. The van der Waals surface area contributed by atoms with Gasteiger partial charge in [-0.1, -0.05) is 12.8 Å². The Bertz CT molecular complexity index is 256. The molecule has 2 heterocycles. The van der Waals surface area contributed by atoms with Crippen LogP contribution in [0.25, 0.3) is 0 Å².